The van der Waals surface area contributed by atoms with E-state index in [1.54, 1.807) is 31.5 Å². The molecule has 0 atom stereocenters. The molecule has 0 saturated carbocycles. The predicted octanol–water partition coefficient (Wildman–Crippen LogP) is 3.82. The zero-order chi connectivity index (χ0) is 18.5. The number of aliphatic imine (C=N–C) groups is 1. The predicted molar refractivity (Wildman–Crippen MR) is 106 cm³/mol. The summed E-state index contributed by atoms with van der Waals surface area (Å²) in [6.07, 6.45) is 3.47. The number of benzene rings is 2. The summed E-state index contributed by atoms with van der Waals surface area (Å²) in [6.45, 7) is 2.82. The van der Waals surface area contributed by atoms with Gasteiger partial charge in [-0.2, -0.15) is 0 Å². The first kappa shape index (κ1) is 17.8. The first-order chi connectivity index (χ1) is 12.6. The molecule has 0 unspecified atom stereocenters. The summed E-state index contributed by atoms with van der Waals surface area (Å²) in [5.74, 6) is -0.225. The van der Waals surface area contributed by atoms with Crippen molar-refractivity contribution in [2.75, 3.05) is 18.8 Å². The molecule has 5 heteroatoms. The second-order valence-corrected chi connectivity index (χ2v) is 6.03. The van der Waals surface area contributed by atoms with E-state index < -0.39 is 0 Å². The van der Waals surface area contributed by atoms with Crippen molar-refractivity contribution in [2.45, 2.75) is 6.92 Å². The van der Waals surface area contributed by atoms with Gasteiger partial charge < -0.3 is 11.5 Å². The van der Waals surface area contributed by atoms with Crippen LogP contribution in [0.1, 0.15) is 11.1 Å². The molecule has 0 fully saturated rings. The van der Waals surface area contributed by atoms with Gasteiger partial charge in [-0.05, 0) is 48.4 Å². The molecule has 26 heavy (non-hydrogen) atoms. The third-order valence-corrected chi connectivity index (χ3v) is 4.13. The number of halogens is 1. The minimum absolute atomic E-state index is 0.225. The number of rotatable bonds is 5. The van der Waals surface area contributed by atoms with Gasteiger partial charge >= 0.3 is 0 Å². The number of aryl methyl sites for hydroxylation is 1. The Morgan fingerprint density at radius 3 is 2.65 bits per heavy atom. The largest absolute Gasteiger partial charge is 0.398 e. The first-order valence-electron chi connectivity index (χ1n) is 8.41. The first-order valence-corrected chi connectivity index (χ1v) is 8.41. The van der Waals surface area contributed by atoms with Gasteiger partial charge in [0.2, 0.25) is 0 Å². The highest BCUT2D eigenvalue weighted by molar-refractivity contribution is 5.90. The zero-order valence-electron chi connectivity index (χ0n) is 14.6. The molecule has 1 heterocycles. The van der Waals surface area contributed by atoms with E-state index in [1.165, 1.54) is 6.07 Å². The van der Waals surface area contributed by atoms with Crippen LogP contribution in [0.3, 0.4) is 0 Å². The van der Waals surface area contributed by atoms with Crippen molar-refractivity contribution in [3.05, 3.63) is 71.7 Å². The van der Waals surface area contributed by atoms with E-state index in [9.17, 15) is 4.39 Å². The quantitative estimate of drug-likeness (QED) is 0.543. The Hall–Kier alpha value is -3.05. The van der Waals surface area contributed by atoms with Crippen molar-refractivity contribution in [1.29, 1.82) is 0 Å². The van der Waals surface area contributed by atoms with Crippen LogP contribution in [0.25, 0.3) is 22.4 Å². The molecule has 0 radical (unpaired) electrons. The number of pyridine rings is 1. The lowest BCUT2D eigenvalue weighted by Crippen LogP contribution is -2.03. The zero-order valence-corrected chi connectivity index (χ0v) is 14.6. The molecule has 4 nitrogen and oxygen atoms in total. The number of aromatic nitrogens is 1. The summed E-state index contributed by atoms with van der Waals surface area (Å²) in [7, 11) is 0. The average Bonchev–Trinajstić information content (AvgIpc) is 2.65. The van der Waals surface area contributed by atoms with Gasteiger partial charge in [0, 0.05) is 41.3 Å². The second-order valence-electron chi connectivity index (χ2n) is 6.03. The van der Waals surface area contributed by atoms with E-state index >= 15 is 0 Å². The van der Waals surface area contributed by atoms with Crippen LogP contribution < -0.4 is 11.5 Å². The molecule has 0 aliphatic rings. The van der Waals surface area contributed by atoms with E-state index in [2.05, 4.69) is 9.98 Å². The van der Waals surface area contributed by atoms with Crippen LogP contribution in [0.4, 0.5) is 10.1 Å². The van der Waals surface area contributed by atoms with E-state index in [-0.39, 0.29) is 5.82 Å². The number of anilines is 1. The Bertz CT molecular complexity index is 950. The maximum Gasteiger partial charge on any atom is 0.126 e. The molecule has 4 N–H and O–H groups in total. The summed E-state index contributed by atoms with van der Waals surface area (Å²) < 4.78 is 13.6. The summed E-state index contributed by atoms with van der Waals surface area (Å²) >= 11 is 0. The standard InChI is InChI=1S/C21H21FN4/c1-14-11-16(6-7-19(14)22)21-18(3-2-9-26-21)15-4-5-17(20(24)12-15)13-25-10-8-23/h2-7,9,11-13H,8,10,23-24H2,1H3. The van der Waals surface area contributed by atoms with Crippen LogP contribution in [-0.4, -0.2) is 24.3 Å². The summed E-state index contributed by atoms with van der Waals surface area (Å²) in [6, 6.07) is 14.7. The molecule has 0 bridgehead atoms. The van der Waals surface area contributed by atoms with Gasteiger partial charge in [-0.3, -0.25) is 9.98 Å². The normalized spacial score (nSPS) is 11.2. The Balaban J connectivity index is 2.02. The molecule has 132 valence electrons. The number of hydrogen-bond acceptors (Lipinski definition) is 4. The fourth-order valence-electron chi connectivity index (χ4n) is 2.76. The second kappa shape index (κ2) is 7.89. The highest BCUT2D eigenvalue weighted by atomic mass is 19.1. The highest BCUT2D eigenvalue weighted by Gasteiger charge is 2.11. The lowest BCUT2D eigenvalue weighted by molar-refractivity contribution is 0.619. The van der Waals surface area contributed by atoms with Crippen molar-refractivity contribution >= 4 is 11.9 Å². The van der Waals surface area contributed by atoms with Crippen LogP contribution in [0.15, 0.2) is 59.7 Å². The fourth-order valence-corrected chi connectivity index (χ4v) is 2.76. The SMILES string of the molecule is Cc1cc(-c2ncccc2-c2ccc(C=NCCN)c(N)c2)ccc1F. The van der Waals surface area contributed by atoms with E-state index in [0.717, 1.165) is 27.9 Å². The number of nitrogen functional groups attached to an aromatic ring is 1. The highest BCUT2D eigenvalue weighted by Crippen LogP contribution is 2.32. The number of hydrogen-bond donors (Lipinski definition) is 2. The van der Waals surface area contributed by atoms with E-state index in [0.29, 0.717) is 24.3 Å². The molecular weight excluding hydrogens is 327 g/mol. The maximum absolute atomic E-state index is 13.6. The van der Waals surface area contributed by atoms with Crippen LogP contribution in [0.5, 0.6) is 0 Å². The number of nitrogens with zero attached hydrogens (tertiary/aromatic N) is 2. The van der Waals surface area contributed by atoms with Gasteiger partial charge in [0.15, 0.2) is 0 Å². The molecule has 0 aliphatic heterocycles. The Morgan fingerprint density at radius 1 is 1.12 bits per heavy atom. The Morgan fingerprint density at radius 2 is 1.92 bits per heavy atom. The molecule has 0 saturated heterocycles. The van der Waals surface area contributed by atoms with Gasteiger partial charge in [0.25, 0.3) is 0 Å². The maximum atomic E-state index is 13.6. The molecule has 3 rings (SSSR count). The Kier molecular flexibility index (Phi) is 5.39. The van der Waals surface area contributed by atoms with Gasteiger partial charge in [0.05, 0.1) is 12.2 Å². The molecule has 0 aliphatic carbocycles. The number of nitrogens with two attached hydrogens (primary N) is 2. The topological polar surface area (TPSA) is 77.3 Å². The fraction of sp³-hybridized carbons (Fsp3) is 0.143. The average molecular weight is 348 g/mol. The minimum atomic E-state index is -0.225. The smallest absolute Gasteiger partial charge is 0.126 e. The third-order valence-electron chi connectivity index (χ3n) is 4.13. The summed E-state index contributed by atoms with van der Waals surface area (Å²) in [5.41, 5.74) is 17.2. The van der Waals surface area contributed by atoms with Crippen LogP contribution in [0.2, 0.25) is 0 Å². The molecule has 3 aromatic rings. The van der Waals surface area contributed by atoms with Gasteiger partial charge in [-0.25, -0.2) is 4.39 Å². The van der Waals surface area contributed by atoms with Crippen molar-refractivity contribution in [2.24, 2.45) is 10.7 Å². The van der Waals surface area contributed by atoms with E-state index in [4.69, 9.17) is 11.5 Å². The Labute approximate surface area is 152 Å². The van der Waals surface area contributed by atoms with Gasteiger partial charge in [0.1, 0.15) is 5.82 Å². The van der Waals surface area contributed by atoms with Gasteiger partial charge in [-0.15, -0.1) is 0 Å². The van der Waals surface area contributed by atoms with Crippen molar-refractivity contribution in [1.82, 2.24) is 4.98 Å². The van der Waals surface area contributed by atoms with Crippen molar-refractivity contribution in [3.8, 4) is 22.4 Å². The third kappa shape index (κ3) is 3.78. The van der Waals surface area contributed by atoms with E-state index in [1.807, 2.05) is 30.3 Å². The monoisotopic (exact) mass is 348 g/mol. The van der Waals surface area contributed by atoms with Crippen molar-refractivity contribution in [3.63, 3.8) is 0 Å². The molecule has 0 amide bonds. The van der Waals surface area contributed by atoms with Crippen LogP contribution in [-0.2, 0) is 0 Å². The summed E-state index contributed by atoms with van der Waals surface area (Å²) in [4.78, 5) is 8.73. The lowest BCUT2D eigenvalue weighted by Gasteiger charge is -2.11. The lowest BCUT2D eigenvalue weighted by atomic mass is 9.97. The minimum Gasteiger partial charge on any atom is -0.398 e. The molecular formula is C21H21FN4. The van der Waals surface area contributed by atoms with Gasteiger partial charge in [-0.1, -0.05) is 18.2 Å². The molecule has 2 aromatic carbocycles. The van der Waals surface area contributed by atoms with Crippen LogP contribution in [0, 0.1) is 12.7 Å². The van der Waals surface area contributed by atoms with Crippen molar-refractivity contribution < 1.29 is 4.39 Å². The summed E-state index contributed by atoms with van der Waals surface area (Å²) in [5, 5.41) is 0. The molecule has 1 aromatic heterocycles. The van der Waals surface area contributed by atoms with Crippen LogP contribution >= 0.6 is 0 Å². The molecule has 0 spiro atoms.